The Morgan fingerprint density at radius 1 is 0.846 bits per heavy atom. The van der Waals surface area contributed by atoms with Crippen molar-refractivity contribution in [3.05, 3.63) is 0 Å². The maximum atomic E-state index is 11.4. The topological polar surface area (TPSA) is 81.4 Å². The summed E-state index contributed by atoms with van der Waals surface area (Å²) in [5.41, 5.74) is 5.59. The Morgan fingerprint density at radius 2 is 1.27 bits per heavy atom. The number of methoxy groups -OCH3 is 1. The zero-order valence-corrected chi connectivity index (χ0v) is 17.5. The molecule has 0 heterocycles. The smallest absolute Gasteiger partial charge is 0.305 e. The standard InChI is InChI=1S/C20H40N2O3S/c1-25-19(23)15-13-11-9-7-5-3-2-4-6-8-10-12-14-16-22-20(24)18(21)17-26/h18,26H,2-17,21H2,1H3,(H,22,24). The summed E-state index contributed by atoms with van der Waals surface area (Å²) in [6.45, 7) is 0.722. The van der Waals surface area contributed by atoms with Crippen molar-refractivity contribution in [1.82, 2.24) is 5.32 Å². The van der Waals surface area contributed by atoms with E-state index in [0.717, 1.165) is 25.8 Å². The van der Waals surface area contributed by atoms with Gasteiger partial charge in [0.05, 0.1) is 13.2 Å². The van der Waals surface area contributed by atoms with Crippen LogP contribution in [0.4, 0.5) is 0 Å². The number of unbranched alkanes of at least 4 members (excludes halogenated alkanes) is 12. The van der Waals surface area contributed by atoms with Crippen molar-refractivity contribution in [2.45, 2.75) is 95.9 Å². The van der Waals surface area contributed by atoms with Gasteiger partial charge in [-0.05, 0) is 12.8 Å². The van der Waals surface area contributed by atoms with Gasteiger partial charge in [0.15, 0.2) is 0 Å². The molecule has 5 nitrogen and oxygen atoms in total. The van der Waals surface area contributed by atoms with E-state index in [2.05, 4.69) is 22.7 Å². The van der Waals surface area contributed by atoms with Crippen LogP contribution in [0.2, 0.25) is 0 Å². The fourth-order valence-electron chi connectivity index (χ4n) is 2.87. The van der Waals surface area contributed by atoms with Gasteiger partial charge >= 0.3 is 5.97 Å². The van der Waals surface area contributed by atoms with E-state index >= 15 is 0 Å². The number of thiol groups is 1. The van der Waals surface area contributed by atoms with Gasteiger partial charge in [-0.15, -0.1) is 0 Å². The molecule has 26 heavy (non-hydrogen) atoms. The van der Waals surface area contributed by atoms with Crippen molar-refractivity contribution in [3.63, 3.8) is 0 Å². The van der Waals surface area contributed by atoms with Crippen LogP contribution >= 0.6 is 12.6 Å². The Hall–Kier alpha value is -0.750. The lowest BCUT2D eigenvalue weighted by atomic mass is 10.0. The van der Waals surface area contributed by atoms with E-state index in [1.807, 2.05) is 0 Å². The van der Waals surface area contributed by atoms with E-state index in [-0.39, 0.29) is 11.9 Å². The highest BCUT2D eigenvalue weighted by molar-refractivity contribution is 7.80. The van der Waals surface area contributed by atoms with Crippen LogP contribution in [0.5, 0.6) is 0 Å². The number of hydrogen-bond donors (Lipinski definition) is 3. The molecule has 6 heteroatoms. The molecule has 0 saturated heterocycles. The van der Waals surface area contributed by atoms with Gasteiger partial charge in [0, 0.05) is 18.7 Å². The molecule has 0 bridgehead atoms. The fraction of sp³-hybridized carbons (Fsp3) is 0.900. The van der Waals surface area contributed by atoms with Gasteiger partial charge in [-0.2, -0.15) is 12.6 Å². The number of amides is 1. The first-order valence-electron chi connectivity index (χ1n) is 10.3. The number of hydrogen-bond acceptors (Lipinski definition) is 5. The minimum Gasteiger partial charge on any atom is -0.469 e. The summed E-state index contributed by atoms with van der Waals surface area (Å²) in [6, 6.07) is -0.488. The van der Waals surface area contributed by atoms with Crippen LogP contribution < -0.4 is 11.1 Å². The van der Waals surface area contributed by atoms with Gasteiger partial charge in [0.1, 0.15) is 0 Å². The lowest BCUT2D eigenvalue weighted by Gasteiger charge is -2.09. The lowest BCUT2D eigenvalue weighted by Crippen LogP contribution is -2.42. The maximum absolute atomic E-state index is 11.4. The van der Waals surface area contributed by atoms with E-state index in [9.17, 15) is 9.59 Å². The number of nitrogens with one attached hydrogen (secondary N) is 1. The van der Waals surface area contributed by atoms with Crippen LogP contribution in [0.1, 0.15) is 89.9 Å². The summed E-state index contributed by atoms with van der Waals surface area (Å²) in [6.07, 6.45) is 16.5. The third kappa shape index (κ3) is 16.7. The highest BCUT2D eigenvalue weighted by Gasteiger charge is 2.09. The molecule has 1 amide bonds. The Morgan fingerprint density at radius 3 is 1.69 bits per heavy atom. The van der Waals surface area contributed by atoms with Crippen molar-refractivity contribution in [2.24, 2.45) is 5.73 Å². The van der Waals surface area contributed by atoms with Gasteiger partial charge < -0.3 is 15.8 Å². The van der Waals surface area contributed by atoms with Crippen molar-refractivity contribution < 1.29 is 14.3 Å². The van der Waals surface area contributed by atoms with E-state index in [0.29, 0.717) is 12.2 Å². The second-order valence-corrected chi connectivity index (χ2v) is 7.37. The average Bonchev–Trinajstić information content (AvgIpc) is 2.66. The van der Waals surface area contributed by atoms with E-state index in [1.54, 1.807) is 0 Å². The maximum Gasteiger partial charge on any atom is 0.305 e. The largest absolute Gasteiger partial charge is 0.469 e. The minimum atomic E-state index is -0.488. The SMILES string of the molecule is COC(=O)CCCCCCCCCCCCCCCNC(=O)C(N)CS. The quantitative estimate of drug-likeness (QED) is 0.188. The van der Waals surface area contributed by atoms with Crippen molar-refractivity contribution in [1.29, 1.82) is 0 Å². The third-order valence-corrected chi connectivity index (χ3v) is 5.01. The molecule has 0 aromatic rings. The van der Waals surface area contributed by atoms with Crippen molar-refractivity contribution >= 4 is 24.5 Å². The summed E-state index contributed by atoms with van der Waals surface area (Å²) >= 11 is 4.01. The molecule has 1 atom stereocenters. The van der Waals surface area contributed by atoms with Crippen LogP contribution in [-0.4, -0.2) is 37.3 Å². The van der Waals surface area contributed by atoms with Gasteiger partial charge in [0.25, 0.3) is 0 Å². The summed E-state index contributed by atoms with van der Waals surface area (Å²) in [5.74, 6) is 0.206. The summed E-state index contributed by atoms with van der Waals surface area (Å²) in [4.78, 5) is 22.4. The Balaban J connectivity index is 3.14. The van der Waals surface area contributed by atoms with Crippen LogP contribution in [0.3, 0.4) is 0 Å². The Labute approximate surface area is 165 Å². The molecule has 3 N–H and O–H groups in total. The van der Waals surface area contributed by atoms with Crippen LogP contribution in [-0.2, 0) is 14.3 Å². The molecule has 1 unspecified atom stereocenters. The molecule has 0 fully saturated rings. The first kappa shape index (κ1) is 25.2. The van der Waals surface area contributed by atoms with Crippen molar-refractivity contribution in [2.75, 3.05) is 19.4 Å². The molecule has 0 aliphatic heterocycles. The number of ether oxygens (including phenoxy) is 1. The van der Waals surface area contributed by atoms with Gasteiger partial charge in [-0.1, -0.05) is 70.6 Å². The summed E-state index contributed by atoms with van der Waals surface area (Å²) in [5, 5.41) is 2.85. The van der Waals surface area contributed by atoms with Gasteiger partial charge in [-0.25, -0.2) is 0 Å². The molecule has 0 aliphatic carbocycles. The average molecular weight is 389 g/mol. The highest BCUT2D eigenvalue weighted by atomic mass is 32.1. The number of nitrogens with two attached hydrogens (primary N) is 1. The predicted octanol–water partition coefficient (Wildman–Crippen LogP) is 3.99. The number of esters is 1. The van der Waals surface area contributed by atoms with Gasteiger partial charge in [-0.3, -0.25) is 9.59 Å². The highest BCUT2D eigenvalue weighted by Crippen LogP contribution is 2.13. The molecule has 0 aromatic heterocycles. The minimum absolute atomic E-state index is 0.0903. The molecule has 0 rings (SSSR count). The summed E-state index contributed by atoms with van der Waals surface area (Å²) in [7, 11) is 1.45. The fourth-order valence-corrected chi connectivity index (χ4v) is 3.03. The van der Waals surface area contributed by atoms with E-state index < -0.39 is 6.04 Å². The summed E-state index contributed by atoms with van der Waals surface area (Å²) < 4.78 is 4.63. The molecule has 0 radical (unpaired) electrons. The van der Waals surface area contributed by atoms with E-state index in [4.69, 9.17) is 5.73 Å². The van der Waals surface area contributed by atoms with Crippen LogP contribution in [0.25, 0.3) is 0 Å². The van der Waals surface area contributed by atoms with Crippen molar-refractivity contribution in [3.8, 4) is 0 Å². The first-order valence-corrected chi connectivity index (χ1v) is 11.0. The molecule has 0 spiro atoms. The molecule has 0 aliphatic rings. The molecule has 0 saturated carbocycles. The molecule has 154 valence electrons. The van der Waals surface area contributed by atoms with E-state index in [1.165, 1.54) is 71.3 Å². The Kier molecular flexibility index (Phi) is 18.5. The third-order valence-electron chi connectivity index (χ3n) is 4.62. The number of carbonyl (C=O) groups excluding carboxylic acids is 2. The molecule has 0 aromatic carbocycles. The second kappa shape index (κ2) is 19.0. The molecular formula is C20H40N2O3S. The predicted molar refractivity (Wildman–Crippen MR) is 111 cm³/mol. The zero-order chi connectivity index (χ0) is 19.5. The van der Waals surface area contributed by atoms with Gasteiger partial charge in [0.2, 0.25) is 5.91 Å². The number of rotatable bonds is 18. The van der Waals surface area contributed by atoms with Crippen LogP contribution in [0, 0.1) is 0 Å². The number of carbonyl (C=O) groups is 2. The normalized spacial score (nSPS) is 12.0. The lowest BCUT2D eigenvalue weighted by molar-refractivity contribution is -0.140. The second-order valence-electron chi connectivity index (χ2n) is 7.00. The molecular weight excluding hydrogens is 348 g/mol. The Bertz CT molecular complexity index is 354. The monoisotopic (exact) mass is 388 g/mol. The first-order chi connectivity index (χ1) is 12.6. The van der Waals surface area contributed by atoms with Crippen LogP contribution in [0.15, 0.2) is 0 Å². The zero-order valence-electron chi connectivity index (χ0n) is 16.6.